The molecule has 56 valence electrons. The SMILES string of the molecule is CC1(C)C=C(CN)C(=N)C1. The largest absolute Gasteiger partial charge is 0.326 e. The number of rotatable bonds is 1. The lowest BCUT2D eigenvalue weighted by Crippen LogP contribution is -2.08. The van der Waals surface area contributed by atoms with Crippen LogP contribution < -0.4 is 5.73 Å². The lowest BCUT2D eigenvalue weighted by atomic mass is 9.93. The third-order valence-corrected chi connectivity index (χ3v) is 1.80. The lowest BCUT2D eigenvalue weighted by Gasteiger charge is -2.11. The minimum absolute atomic E-state index is 0.172. The van der Waals surface area contributed by atoms with E-state index in [0.29, 0.717) is 12.3 Å². The van der Waals surface area contributed by atoms with E-state index in [1.54, 1.807) is 0 Å². The van der Waals surface area contributed by atoms with Crippen molar-refractivity contribution >= 4 is 5.71 Å². The first-order valence-electron chi connectivity index (χ1n) is 3.55. The van der Waals surface area contributed by atoms with E-state index in [9.17, 15) is 0 Å². The van der Waals surface area contributed by atoms with Crippen LogP contribution in [0.2, 0.25) is 0 Å². The number of nitrogens with one attached hydrogen (secondary N) is 1. The fourth-order valence-electron chi connectivity index (χ4n) is 1.36. The molecular weight excluding hydrogens is 124 g/mol. The minimum atomic E-state index is 0.172. The van der Waals surface area contributed by atoms with Crippen molar-refractivity contribution in [1.82, 2.24) is 0 Å². The summed E-state index contributed by atoms with van der Waals surface area (Å²) in [5.74, 6) is 0. The van der Waals surface area contributed by atoms with E-state index in [2.05, 4.69) is 19.9 Å². The molecule has 0 atom stereocenters. The number of hydrogen-bond donors (Lipinski definition) is 2. The van der Waals surface area contributed by atoms with Crippen LogP contribution in [0.4, 0.5) is 0 Å². The van der Waals surface area contributed by atoms with Crippen LogP contribution in [0.5, 0.6) is 0 Å². The Kier molecular flexibility index (Phi) is 1.65. The lowest BCUT2D eigenvalue weighted by molar-refractivity contribution is 0.516. The highest BCUT2D eigenvalue weighted by Crippen LogP contribution is 2.31. The van der Waals surface area contributed by atoms with Gasteiger partial charge in [-0.15, -0.1) is 0 Å². The molecule has 1 aliphatic rings. The molecule has 0 saturated heterocycles. The van der Waals surface area contributed by atoms with Gasteiger partial charge in [-0.3, -0.25) is 0 Å². The number of hydrogen-bond acceptors (Lipinski definition) is 2. The molecule has 10 heavy (non-hydrogen) atoms. The van der Waals surface area contributed by atoms with Gasteiger partial charge in [0.1, 0.15) is 0 Å². The van der Waals surface area contributed by atoms with Gasteiger partial charge in [0.2, 0.25) is 0 Å². The van der Waals surface area contributed by atoms with Crippen LogP contribution >= 0.6 is 0 Å². The van der Waals surface area contributed by atoms with Crippen LogP contribution in [-0.4, -0.2) is 12.3 Å². The van der Waals surface area contributed by atoms with E-state index in [1.165, 1.54) is 0 Å². The average Bonchev–Trinajstić information content (AvgIpc) is 2.05. The summed E-state index contributed by atoms with van der Waals surface area (Å²) >= 11 is 0. The predicted molar refractivity (Wildman–Crippen MR) is 43.3 cm³/mol. The van der Waals surface area contributed by atoms with Gasteiger partial charge in [-0.25, -0.2) is 0 Å². The Morgan fingerprint density at radius 3 is 2.50 bits per heavy atom. The molecule has 0 amide bonds. The van der Waals surface area contributed by atoms with Gasteiger partial charge in [0.25, 0.3) is 0 Å². The summed E-state index contributed by atoms with van der Waals surface area (Å²) < 4.78 is 0. The number of nitrogens with two attached hydrogens (primary N) is 1. The normalized spacial score (nSPS) is 23.1. The summed E-state index contributed by atoms with van der Waals surface area (Å²) in [6, 6.07) is 0. The molecule has 0 saturated carbocycles. The van der Waals surface area contributed by atoms with Crippen LogP contribution in [0.15, 0.2) is 11.6 Å². The Labute approximate surface area is 61.6 Å². The quantitative estimate of drug-likeness (QED) is 0.564. The Morgan fingerprint density at radius 1 is 1.70 bits per heavy atom. The first kappa shape index (κ1) is 7.48. The Bertz CT molecular complexity index is 189. The highest BCUT2D eigenvalue weighted by molar-refractivity contribution is 6.01. The highest BCUT2D eigenvalue weighted by atomic mass is 14.6. The zero-order chi connectivity index (χ0) is 7.78. The second kappa shape index (κ2) is 2.20. The van der Waals surface area contributed by atoms with E-state index in [0.717, 1.165) is 12.0 Å². The standard InChI is InChI=1S/C8H14N2/c1-8(2)3-6(5-9)7(10)4-8/h3,10H,4-5,9H2,1-2H3. The van der Waals surface area contributed by atoms with E-state index >= 15 is 0 Å². The van der Waals surface area contributed by atoms with Gasteiger partial charge in [-0.05, 0) is 17.4 Å². The molecule has 2 heteroatoms. The summed E-state index contributed by atoms with van der Waals surface area (Å²) in [5.41, 5.74) is 7.34. The van der Waals surface area contributed by atoms with Gasteiger partial charge in [0.15, 0.2) is 0 Å². The summed E-state index contributed by atoms with van der Waals surface area (Å²) in [6.45, 7) is 4.77. The second-order valence-electron chi connectivity index (χ2n) is 3.52. The Morgan fingerprint density at radius 2 is 2.30 bits per heavy atom. The zero-order valence-corrected chi connectivity index (χ0v) is 6.57. The van der Waals surface area contributed by atoms with Gasteiger partial charge >= 0.3 is 0 Å². The van der Waals surface area contributed by atoms with Crippen molar-refractivity contribution in [3.05, 3.63) is 11.6 Å². The molecule has 1 aliphatic carbocycles. The Balaban J connectivity index is 2.82. The first-order chi connectivity index (χ1) is 4.55. The van der Waals surface area contributed by atoms with Gasteiger partial charge in [0.05, 0.1) is 0 Å². The third kappa shape index (κ3) is 1.27. The van der Waals surface area contributed by atoms with Crippen LogP contribution in [0.1, 0.15) is 20.3 Å². The number of allylic oxidation sites excluding steroid dienone is 1. The smallest absolute Gasteiger partial charge is 0.0364 e. The fraction of sp³-hybridized carbons (Fsp3) is 0.625. The topological polar surface area (TPSA) is 49.9 Å². The molecule has 2 nitrogen and oxygen atoms in total. The van der Waals surface area contributed by atoms with Gasteiger partial charge in [-0.2, -0.15) is 0 Å². The van der Waals surface area contributed by atoms with Gasteiger partial charge < -0.3 is 11.1 Å². The molecule has 0 fully saturated rings. The molecule has 0 aromatic rings. The van der Waals surface area contributed by atoms with E-state index in [4.69, 9.17) is 11.1 Å². The maximum Gasteiger partial charge on any atom is 0.0364 e. The van der Waals surface area contributed by atoms with E-state index in [-0.39, 0.29) is 5.41 Å². The fourth-order valence-corrected chi connectivity index (χ4v) is 1.36. The van der Waals surface area contributed by atoms with Crippen molar-refractivity contribution in [3.63, 3.8) is 0 Å². The molecule has 0 radical (unpaired) electrons. The third-order valence-electron chi connectivity index (χ3n) is 1.80. The summed E-state index contributed by atoms with van der Waals surface area (Å²) in [6.07, 6.45) is 2.95. The van der Waals surface area contributed by atoms with Crippen molar-refractivity contribution in [2.75, 3.05) is 6.54 Å². The molecule has 0 heterocycles. The molecule has 0 spiro atoms. The molecule has 0 bridgehead atoms. The molecule has 3 N–H and O–H groups in total. The Hall–Kier alpha value is -0.630. The molecule has 0 aromatic heterocycles. The summed E-state index contributed by atoms with van der Waals surface area (Å²) in [7, 11) is 0. The maximum atomic E-state index is 7.51. The van der Waals surface area contributed by atoms with Crippen LogP contribution in [0.25, 0.3) is 0 Å². The van der Waals surface area contributed by atoms with Crippen molar-refractivity contribution in [3.8, 4) is 0 Å². The van der Waals surface area contributed by atoms with Crippen LogP contribution in [0.3, 0.4) is 0 Å². The molecule has 0 unspecified atom stereocenters. The zero-order valence-electron chi connectivity index (χ0n) is 6.57. The second-order valence-corrected chi connectivity index (χ2v) is 3.52. The molecule has 0 aliphatic heterocycles. The van der Waals surface area contributed by atoms with Gasteiger partial charge in [0, 0.05) is 12.3 Å². The van der Waals surface area contributed by atoms with E-state index < -0.39 is 0 Å². The molecule has 1 rings (SSSR count). The molecular formula is C8H14N2. The van der Waals surface area contributed by atoms with Crippen molar-refractivity contribution in [1.29, 1.82) is 5.41 Å². The van der Waals surface area contributed by atoms with Crippen LogP contribution in [0, 0.1) is 10.8 Å². The van der Waals surface area contributed by atoms with Gasteiger partial charge in [-0.1, -0.05) is 19.9 Å². The van der Waals surface area contributed by atoms with Crippen LogP contribution in [-0.2, 0) is 0 Å². The highest BCUT2D eigenvalue weighted by Gasteiger charge is 2.25. The average molecular weight is 138 g/mol. The monoisotopic (exact) mass is 138 g/mol. The first-order valence-corrected chi connectivity index (χ1v) is 3.55. The van der Waals surface area contributed by atoms with E-state index in [1.807, 2.05) is 0 Å². The summed E-state index contributed by atoms with van der Waals surface area (Å²) in [5, 5.41) is 7.51. The van der Waals surface area contributed by atoms with Crippen molar-refractivity contribution in [2.24, 2.45) is 11.1 Å². The van der Waals surface area contributed by atoms with Crippen molar-refractivity contribution < 1.29 is 0 Å². The summed E-state index contributed by atoms with van der Waals surface area (Å²) in [4.78, 5) is 0. The molecule has 0 aromatic carbocycles. The maximum absolute atomic E-state index is 7.51. The minimum Gasteiger partial charge on any atom is -0.326 e. The predicted octanol–water partition coefficient (Wildman–Crippen LogP) is 1.32. The van der Waals surface area contributed by atoms with Crippen molar-refractivity contribution in [2.45, 2.75) is 20.3 Å².